The lowest BCUT2D eigenvalue weighted by atomic mass is 10.0. The van der Waals surface area contributed by atoms with Gasteiger partial charge in [-0.3, -0.25) is 0 Å². The fraction of sp³-hybridized carbons (Fsp3) is 0.267. The van der Waals surface area contributed by atoms with Gasteiger partial charge in [-0.15, -0.1) is 0 Å². The monoisotopic (exact) mass is 215 g/mol. The predicted octanol–water partition coefficient (Wildman–Crippen LogP) is 3.10. The van der Waals surface area contributed by atoms with Crippen molar-refractivity contribution >= 4 is 0 Å². The van der Waals surface area contributed by atoms with E-state index in [1.807, 2.05) is 25.1 Å². The van der Waals surface area contributed by atoms with Crippen LogP contribution in [0.25, 0.3) is 11.3 Å². The second-order valence-electron chi connectivity index (χ2n) is 4.17. The molecule has 0 fully saturated rings. The molecule has 0 aliphatic carbocycles. The molecule has 0 bridgehead atoms. The molecular weight excluding hydrogens is 194 g/mol. The number of aryl methyl sites for hydroxylation is 3. The molecule has 16 heavy (non-hydrogen) atoms. The first kappa shape index (κ1) is 7.61. The largest absolute Gasteiger partial charge is 0.212 e. The molecule has 1 aromatic carbocycles. The summed E-state index contributed by atoms with van der Waals surface area (Å²) in [7, 11) is 1.80. The maximum atomic E-state index is 7.57. The Bertz CT molecular complexity index is 615. The third-order valence-corrected chi connectivity index (χ3v) is 2.89. The van der Waals surface area contributed by atoms with Crippen LogP contribution in [0.15, 0.2) is 36.4 Å². The molecule has 2 rings (SSSR count). The molecule has 0 aliphatic rings. The van der Waals surface area contributed by atoms with Gasteiger partial charge in [0.25, 0.3) is 0 Å². The zero-order valence-corrected chi connectivity index (χ0v) is 9.91. The van der Waals surface area contributed by atoms with Gasteiger partial charge in [-0.05, 0) is 31.5 Å². The maximum Gasteiger partial charge on any atom is 0.212 e. The predicted molar refractivity (Wildman–Crippen MR) is 67.3 cm³/mol. The molecule has 0 saturated carbocycles. The van der Waals surface area contributed by atoms with Crippen molar-refractivity contribution in [3.63, 3.8) is 0 Å². The van der Waals surface area contributed by atoms with Crippen LogP contribution in [0.4, 0.5) is 0 Å². The molecular formula is C15H18N+. The normalized spacial score (nSPS) is 14.1. The number of hydrogen-bond acceptors (Lipinski definition) is 0. The molecule has 0 radical (unpaired) electrons. The third kappa shape index (κ3) is 1.85. The van der Waals surface area contributed by atoms with Crippen molar-refractivity contribution < 1.29 is 8.68 Å². The summed E-state index contributed by atoms with van der Waals surface area (Å²) < 4.78 is 24.5. The van der Waals surface area contributed by atoms with Crippen LogP contribution in [0.1, 0.15) is 20.9 Å². The summed E-state index contributed by atoms with van der Waals surface area (Å²) in [6.45, 7) is 2.00. The molecule has 2 aromatic rings. The van der Waals surface area contributed by atoms with Gasteiger partial charge in [0.1, 0.15) is 7.05 Å². The number of aromatic nitrogens is 1. The summed E-state index contributed by atoms with van der Waals surface area (Å²) >= 11 is 0. The van der Waals surface area contributed by atoms with Crippen LogP contribution in [0.5, 0.6) is 0 Å². The summed E-state index contributed by atoms with van der Waals surface area (Å²) in [6.07, 6.45) is 0. The van der Waals surface area contributed by atoms with Crippen LogP contribution in [-0.4, -0.2) is 0 Å². The van der Waals surface area contributed by atoms with Gasteiger partial charge in [0, 0.05) is 28.7 Å². The zero-order valence-electron chi connectivity index (χ0n) is 12.9. The Balaban J connectivity index is 2.64. The Morgan fingerprint density at radius 1 is 1.12 bits per heavy atom. The third-order valence-electron chi connectivity index (χ3n) is 2.89. The lowest BCUT2D eigenvalue weighted by Crippen LogP contribution is -2.34. The van der Waals surface area contributed by atoms with E-state index in [0.29, 0.717) is 5.69 Å². The molecule has 0 unspecified atom stereocenters. The van der Waals surface area contributed by atoms with E-state index in [9.17, 15) is 0 Å². The highest BCUT2D eigenvalue weighted by Crippen LogP contribution is 2.21. The summed E-state index contributed by atoms with van der Waals surface area (Å²) in [6, 6.07) is 11.6. The van der Waals surface area contributed by atoms with Crippen LogP contribution in [0.2, 0.25) is 0 Å². The van der Waals surface area contributed by atoms with Gasteiger partial charge in [0.2, 0.25) is 5.69 Å². The van der Waals surface area contributed by atoms with Crippen LogP contribution in [0.3, 0.4) is 0 Å². The minimum atomic E-state index is -2.09. The second kappa shape index (κ2) is 4.09. The van der Waals surface area contributed by atoms with Crippen LogP contribution >= 0.6 is 0 Å². The molecule has 0 amide bonds. The smallest absolute Gasteiger partial charge is 0.199 e. The number of rotatable bonds is 1. The molecule has 1 heteroatoms. The van der Waals surface area contributed by atoms with Crippen molar-refractivity contribution in [1.29, 1.82) is 0 Å². The molecule has 1 aromatic heterocycles. The molecule has 1 heterocycles. The molecule has 0 saturated heterocycles. The minimum Gasteiger partial charge on any atom is -0.199 e. The van der Waals surface area contributed by atoms with Crippen molar-refractivity contribution in [1.82, 2.24) is 0 Å². The standard InChI is InChI=1S/C15H18N/c1-11-8-9-14(12(2)10-11)15-7-5-6-13(3)16(15)4/h5-10H,1-4H3/q+1/i3D3. The Kier molecular flexibility index (Phi) is 1.95. The van der Waals surface area contributed by atoms with Crippen molar-refractivity contribution in [2.24, 2.45) is 7.05 Å². The van der Waals surface area contributed by atoms with Gasteiger partial charge in [-0.2, -0.15) is 4.57 Å². The van der Waals surface area contributed by atoms with E-state index >= 15 is 0 Å². The Morgan fingerprint density at radius 3 is 2.62 bits per heavy atom. The van der Waals surface area contributed by atoms with E-state index < -0.39 is 6.85 Å². The molecule has 82 valence electrons. The van der Waals surface area contributed by atoms with E-state index in [-0.39, 0.29) is 0 Å². The van der Waals surface area contributed by atoms with Crippen molar-refractivity contribution in [3.05, 3.63) is 53.2 Å². The average molecular weight is 215 g/mol. The summed E-state index contributed by atoms with van der Waals surface area (Å²) in [5.74, 6) is 0. The molecule has 1 nitrogen and oxygen atoms in total. The lowest BCUT2D eigenvalue weighted by molar-refractivity contribution is -0.666. The molecule has 0 atom stereocenters. The Morgan fingerprint density at radius 2 is 1.94 bits per heavy atom. The van der Waals surface area contributed by atoms with Crippen LogP contribution < -0.4 is 4.57 Å². The van der Waals surface area contributed by atoms with E-state index in [1.165, 1.54) is 5.56 Å². The minimum absolute atomic E-state index is 0.352. The van der Waals surface area contributed by atoms with Gasteiger partial charge in [0.05, 0.1) is 0 Å². The zero-order chi connectivity index (χ0) is 14.2. The second-order valence-corrected chi connectivity index (χ2v) is 4.17. The van der Waals surface area contributed by atoms with Crippen LogP contribution in [-0.2, 0) is 7.05 Å². The summed E-state index contributed by atoms with van der Waals surface area (Å²) in [5, 5.41) is 0. The van der Waals surface area contributed by atoms with Gasteiger partial charge in [0.15, 0.2) is 5.69 Å². The van der Waals surface area contributed by atoms with Gasteiger partial charge in [-0.25, -0.2) is 0 Å². The van der Waals surface area contributed by atoms with Crippen molar-refractivity contribution in [3.8, 4) is 11.3 Å². The molecule has 0 spiro atoms. The fourth-order valence-corrected chi connectivity index (χ4v) is 1.96. The van der Waals surface area contributed by atoms with Crippen molar-refractivity contribution in [2.45, 2.75) is 20.7 Å². The first-order chi connectivity index (χ1) is 8.80. The highest BCUT2D eigenvalue weighted by Gasteiger charge is 2.13. The summed E-state index contributed by atoms with van der Waals surface area (Å²) in [4.78, 5) is 0. The van der Waals surface area contributed by atoms with E-state index in [4.69, 9.17) is 4.11 Å². The van der Waals surface area contributed by atoms with E-state index in [0.717, 1.165) is 16.8 Å². The first-order valence-corrected chi connectivity index (χ1v) is 5.38. The lowest BCUT2D eigenvalue weighted by Gasteiger charge is -2.06. The molecule has 0 N–H and O–H groups in total. The van der Waals surface area contributed by atoms with E-state index in [2.05, 4.69) is 13.0 Å². The number of pyridine rings is 1. The maximum absolute atomic E-state index is 7.57. The molecule has 0 aliphatic heterocycles. The van der Waals surface area contributed by atoms with Gasteiger partial charge in [-0.1, -0.05) is 17.7 Å². The topological polar surface area (TPSA) is 3.88 Å². The van der Waals surface area contributed by atoms with Gasteiger partial charge < -0.3 is 0 Å². The number of hydrogen-bond donors (Lipinski definition) is 0. The Labute approximate surface area is 102 Å². The summed E-state index contributed by atoms with van der Waals surface area (Å²) in [5.41, 5.74) is 4.70. The fourth-order valence-electron chi connectivity index (χ4n) is 1.96. The van der Waals surface area contributed by atoms with Gasteiger partial charge >= 0.3 is 0 Å². The first-order valence-electron chi connectivity index (χ1n) is 6.88. The average Bonchev–Trinajstić information content (AvgIpc) is 2.28. The number of benzene rings is 1. The Hall–Kier alpha value is -1.63. The van der Waals surface area contributed by atoms with Crippen molar-refractivity contribution in [2.75, 3.05) is 0 Å². The SMILES string of the molecule is [2H]C([2H])([2H])c1cccc(-c2ccc(C)cc2C)[n+]1C. The van der Waals surface area contributed by atoms with E-state index in [1.54, 1.807) is 23.7 Å². The number of nitrogens with zero attached hydrogens (tertiary/aromatic N) is 1. The highest BCUT2D eigenvalue weighted by molar-refractivity contribution is 5.61. The quantitative estimate of drug-likeness (QED) is 0.644. The highest BCUT2D eigenvalue weighted by atomic mass is 14.9. The van der Waals surface area contributed by atoms with Crippen LogP contribution in [0, 0.1) is 20.7 Å².